The lowest BCUT2D eigenvalue weighted by Crippen LogP contribution is -2.40. The Kier molecular flexibility index (Phi) is 4.33. The van der Waals surface area contributed by atoms with Gasteiger partial charge in [-0.25, -0.2) is 5.43 Å². The predicted molar refractivity (Wildman–Crippen MR) is 69.0 cm³/mol. The molecule has 2 aliphatic rings. The number of carbonyl (C=O) groups excluding carboxylic acids is 2. The smallest absolute Gasteiger partial charge is 0.269 e. The predicted octanol–water partition coefficient (Wildman–Crippen LogP) is 1.29. The Labute approximate surface area is 108 Å². The second kappa shape index (κ2) is 5.98. The molecule has 2 amide bonds. The summed E-state index contributed by atoms with van der Waals surface area (Å²) in [5.74, 6) is 0.480. The maximum absolute atomic E-state index is 12.1. The van der Waals surface area contributed by atoms with Gasteiger partial charge in [-0.3, -0.25) is 9.59 Å². The Balaban J connectivity index is 1.86. The number of hydrogen-bond acceptors (Lipinski definition) is 3. The van der Waals surface area contributed by atoms with E-state index in [1.807, 2.05) is 7.05 Å². The van der Waals surface area contributed by atoms with Gasteiger partial charge in [0.15, 0.2) is 0 Å². The van der Waals surface area contributed by atoms with Gasteiger partial charge in [0.1, 0.15) is 5.71 Å². The topological polar surface area (TPSA) is 61.8 Å². The van der Waals surface area contributed by atoms with E-state index in [4.69, 9.17) is 0 Å². The van der Waals surface area contributed by atoms with E-state index in [0.717, 1.165) is 6.54 Å². The van der Waals surface area contributed by atoms with Crippen LogP contribution < -0.4 is 5.43 Å². The first kappa shape index (κ1) is 13.1. The molecule has 1 aliphatic carbocycles. The molecule has 0 atom stereocenters. The molecule has 2 rings (SSSR count). The van der Waals surface area contributed by atoms with Crippen LogP contribution in [0.15, 0.2) is 5.10 Å². The number of carbonyl (C=O) groups is 2. The molecule has 0 bridgehead atoms. The number of rotatable bonds is 3. The maximum Gasteiger partial charge on any atom is 0.269 e. The molecular formula is C13H21N3O2. The minimum absolute atomic E-state index is 0.0411. The van der Waals surface area contributed by atoms with E-state index >= 15 is 0 Å². The molecule has 0 aromatic carbocycles. The lowest BCUT2D eigenvalue weighted by Gasteiger charge is -2.27. The molecule has 1 fully saturated rings. The van der Waals surface area contributed by atoms with Crippen LogP contribution in [0.2, 0.25) is 0 Å². The van der Waals surface area contributed by atoms with Gasteiger partial charge in [-0.05, 0) is 18.8 Å². The first-order valence-electron chi connectivity index (χ1n) is 6.77. The summed E-state index contributed by atoms with van der Waals surface area (Å²) in [6.07, 6.45) is 7.16. The van der Waals surface area contributed by atoms with Crippen LogP contribution >= 0.6 is 0 Å². The molecule has 0 radical (unpaired) electrons. The first-order chi connectivity index (χ1) is 8.66. The lowest BCUT2D eigenvalue weighted by molar-refractivity contribution is -0.124. The van der Waals surface area contributed by atoms with E-state index in [-0.39, 0.29) is 11.8 Å². The van der Waals surface area contributed by atoms with Gasteiger partial charge in [-0.15, -0.1) is 0 Å². The Morgan fingerprint density at radius 2 is 2.06 bits per heavy atom. The fraction of sp³-hybridized carbons (Fsp3) is 0.769. The van der Waals surface area contributed by atoms with Gasteiger partial charge >= 0.3 is 0 Å². The molecule has 1 heterocycles. The van der Waals surface area contributed by atoms with E-state index < -0.39 is 0 Å². The van der Waals surface area contributed by atoms with Crippen molar-refractivity contribution in [2.45, 2.75) is 44.9 Å². The van der Waals surface area contributed by atoms with Crippen molar-refractivity contribution in [1.82, 2.24) is 10.3 Å². The van der Waals surface area contributed by atoms with Crippen LogP contribution in [-0.4, -0.2) is 36.0 Å². The zero-order valence-electron chi connectivity index (χ0n) is 10.9. The third-order valence-corrected chi connectivity index (χ3v) is 3.75. The zero-order chi connectivity index (χ0) is 13.0. The minimum atomic E-state index is -0.110. The number of hydrogen-bond donors (Lipinski definition) is 1. The number of hydrazone groups is 1. The largest absolute Gasteiger partial charge is 0.340 e. The number of nitrogens with zero attached hydrogens (tertiary/aromatic N) is 2. The molecule has 0 aromatic heterocycles. The summed E-state index contributed by atoms with van der Waals surface area (Å²) in [7, 11) is 1.83. The lowest BCUT2D eigenvalue weighted by atomic mass is 9.89. The van der Waals surface area contributed by atoms with Gasteiger partial charge in [0.2, 0.25) is 5.91 Å². The van der Waals surface area contributed by atoms with E-state index in [0.29, 0.717) is 24.5 Å². The van der Waals surface area contributed by atoms with Crippen molar-refractivity contribution >= 4 is 17.5 Å². The normalized spacial score (nSPS) is 21.2. The van der Waals surface area contributed by atoms with Gasteiger partial charge in [0, 0.05) is 26.4 Å². The minimum Gasteiger partial charge on any atom is -0.340 e. The molecule has 0 saturated heterocycles. The SMILES string of the molecule is CN(CC1CCCCC1)C(=O)C1=NNC(=O)CC1. The Hall–Kier alpha value is -1.39. The fourth-order valence-corrected chi connectivity index (χ4v) is 2.69. The third-order valence-electron chi connectivity index (χ3n) is 3.75. The first-order valence-corrected chi connectivity index (χ1v) is 6.77. The molecular weight excluding hydrogens is 230 g/mol. The van der Waals surface area contributed by atoms with Crippen molar-refractivity contribution < 1.29 is 9.59 Å². The van der Waals surface area contributed by atoms with Crippen LogP contribution in [0, 0.1) is 5.92 Å². The second-order valence-electron chi connectivity index (χ2n) is 5.28. The quantitative estimate of drug-likeness (QED) is 0.821. The fourth-order valence-electron chi connectivity index (χ4n) is 2.69. The highest BCUT2D eigenvalue weighted by Crippen LogP contribution is 2.24. The molecule has 18 heavy (non-hydrogen) atoms. The Morgan fingerprint density at radius 3 is 2.67 bits per heavy atom. The van der Waals surface area contributed by atoms with Crippen LogP contribution in [0.25, 0.3) is 0 Å². The number of amides is 2. The zero-order valence-corrected chi connectivity index (χ0v) is 10.9. The van der Waals surface area contributed by atoms with Gasteiger partial charge in [-0.1, -0.05) is 19.3 Å². The molecule has 5 nitrogen and oxygen atoms in total. The van der Waals surface area contributed by atoms with Gasteiger partial charge in [0.05, 0.1) is 0 Å². The van der Waals surface area contributed by atoms with Crippen LogP contribution in [0.5, 0.6) is 0 Å². The average Bonchev–Trinajstić information content (AvgIpc) is 2.40. The summed E-state index contributed by atoms with van der Waals surface area (Å²) in [6.45, 7) is 0.811. The molecule has 100 valence electrons. The van der Waals surface area contributed by atoms with E-state index in [1.165, 1.54) is 32.1 Å². The summed E-state index contributed by atoms with van der Waals surface area (Å²) in [5, 5.41) is 3.85. The van der Waals surface area contributed by atoms with E-state index in [1.54, 1.807) is 4.90 Å². The molecule has 0 aromatic rings. The van der Waals surface area contributed by atoms with Crippen molar-refractivity contribution in [3.05, 3.63) is 0 Å². The highest BCUT2D eigenvalue weighted by atomic mass is 16.2. The molecule has 1 saturated carbocycles. The summed E-state index contributed by atoms with van der Waals surface area (Å²) in [5.41, 5.74) is 2.85. The van der Waals surface area contributed by atoms with Crippen molar-refractivity contribution in [2.75, 3.05) is 13.6 Å². The molecule has 0 unspecified atom stereocenters. The summed E-state index contributed by atoms with van der Waals surface area (Å²) < 4.78 is 0. The monoisotopic (exact) mass is 251 g/mol. The summed E-state index contributed by atoms with van der Waals surface area (Å²) in [4.78, 5) is 24.9. The molecule has 1 N–H and O–H groups in total. The van der Waals surface area contributed by atoms with Crippen LogP contribution in [0.3, 0.4) is 0 Å². The van der Waals surface area contributed by atoms with Crippen molar-refractivity contribution in [3.8, 4) is 0 Å². The van der Waals surface area contributed by atoms with Crippen molar-refractivity contribution in [3.63, 3.8) is 0 Å². The molecule has 5 heteroatoms. The third kappa shape index (κ3) is 3.31. The molecule has 0 spiro atoms. The van der Waals surface area contributed by atoms with Crippen molar-refractivity contribution in [2.24, 2.45) is 11.0 Å². The highest BCUT2D eigenvalue weighted by molar-refractivity contribution is 6.39. The summed E-state index contributed by atoms with van der Waals surface area (Å²) >= 11 is 0. The standard InChI is InChI=1S/C13H21N3O2/c1-16(9-10-5-3-2-4-6-10)13(18)11-7-8-12(17)15-14-11/h10H,2-9H2,1H3,(H,15,17). The van der Waals surface area contributed by atoms with Crippen LogP contribution in [-0.2, 0) is 9.59 Å². The summed E-state index contributed by atoms with van der Waals surface area (Å²) in [6, 6.07) is 0. The van der Waals surface area contributed by atoms with Crippen LogP contribution in [0.1, 0.15) is 44.9 Å². The Morgan fingerprint density at radius 1 is 1.33 bits per heavy atom. The second-order valence-corrected chi connectivity index (χ2v) is 5.28. The van der Waals surface area contributed by atoms with Gasteiger partial charge in [-0.2, -0.15) is 5.10 Å². The maximum atomic E-state index is 12.1. The number of nitrogens with one attached hydrogen (secondary N) is 1. The highest BCUT2D eigenvalue weighted by Gasteiger charge is 2.23. The van der Waals surface area contributed by atoms with Gasteiger partial charge < -0.3 is 4.90 Å². The molecule has 1 aliphatic heterocycles. The van der Waals surface area contributed by atoms with E-state index in [2.05, 4.69) is 10.5 Å². The van der Waals surface area contributed by atoms with Gasteiger partial charge in [0.25, 0.3) is 5.91 Å². The van der Waals surface area contributed by atoms with Crippen molar-refractivity contribution in [1.29, 1.82) is 0 Å². The Bertz CT molecular complexity index is 359. The van der Waals surface area contributed by atoms with Crippen LogP contribution in [0.4, 0.5) is 0 Å². The van der Waals surface area contributed by atoms with E-state index in [9.17, 15) is 9.59 Å². The average molecular weight is 251 g/mol.